The molecule has 8 heteroatoms. The molecular formula is C22H20Cl2FeN4S. The van der Waals surface area contributed by atoms with Gasteiger partial charge in [-0.1, -0.05) is 60.7 Å². The Balaban J connectivity index is 0.00000101. The summed E-state index contributed by atoms with van der Waals surface area (Å²) in [6, 6.07) is 23.9. The molecule has 0 spiro atoms. The Kier molecular flexibility index (Phi) is 11.3. The van der Waals surface area contributed by atoms with Crippen LogP contribution < -0.4 is 0 Å². The molecule has 3 aromatic rings. The van der Waals surface area contributed by atoms with Crippen molar-refractivity contribution in [3.63, 3.8) is 0 Å². The van der Waals surface area contributed by atoms with Crippen molar-refractivity contribution in [1.29, 1.82) is 0 Å². The molecule has 0 saturated heterocycles. The molecule has 0 bridgehead atoms. The van der Waals surface area contributed by atoms with Crippen LogP contribution in [0, 0.1) is 0 Å². The summed E-state index contributed by atoms with van der Waals surface area (Å²) in [5, 5.41) is 16.9. The van der Waals surface area contributed by atoms with E-state index in [4.69, 9.17) is 20.2 Å². The summed E-state index contributed by atoms with van der Waals surface area (Å²) < 4.78 is 0. The number of benzene rings is 2. The topological polar surface area (TPSA) is 49.4 Å². The van der Waals surface area contributed by atoms with Gasteiger partial charge in [-0.25, -0.2) is 0 Å². The van der Waals surface area contributed by atoms with Crippen LogP contribution in [0.25, 0.3) is 0 Å². The molecule has 156 valence electrons. The van der Waals surface area contributed by atoms with Crippen molar-refractivity contribution >= 4 is 55.4 Å². The Hall–Kier alpha value is -2.08. The summed E-state index contributed by atoms with van der Waals surface area (Å²) in [5.74, 6) is 0. The van der Waals surface area contributed by atoms with Crippen LogP contribution in [-0.4, -0.2) is 23.9 Å². The first-order chi connectivity index (χ1) is 14.6. The van der Waals surface area contributed by atoms with Gasteiger partial charge < -0.3 is 0 Å². The van der Waals surface area contributed by atoms with Gasteiger partial charge in [0.15, 0.2) is 0 Å². The average molecular weight is 499 g/mol. The Morgan fingerprint density at radius 1 is 0.700 bits per heavy atom. The molecule has 4 nitrogen and oxygen atoms in total. The first-order valence-corrected chi connectivity index (χ1v) is 12.7. The van der Waals surface area contributed by atoms with Gasteiger partial charge in [0, 0.05) is 0 Å². The molecule has 2 aromatic carbocycles. The minimum atomic E-state index is 0.194. The first kappa shape index (κ1) is 24.2. The molecular weight excluding hydrogens is 479 g/mol. The van der Waals surface area contributed by atoms with Crippen LogP contribution in [0.5, 0.6) is 0 Å². The predicted octanol–water partition coefficient (Wildman–Crippen LogP) is 6.81. The molecule has 0 aliphatic carbocycles. The quantitative estimate of drug-likeness (QED) is 0.203. The van der Waals surface area contributed by atoms with Crippen LogP contribution in [0.15, 0.2) is 93.2 Å². The van der Waals surface area contributed by atoms with Crippen LogP contribution in [0.4, 0.5) is 0 Å². The van der Waals surface area contributed by atoms with Crippen LogP contribution in [0.2, 0.25) is 0 Å². The van der Waals surface area contributed by atoms with E-state index in [0.29, 0.717) is 0 Å². The van der Waals surface area contributed by atoms with Crippen LogP contribution in [-0.2, 0) is 13.1 Å². The van der Waals surface area contributed by atoms with Gasteiger partial charge in [-0.2, -0.15) is 20.4 Å². The van der Waals surface area contributed by atoms with E-state index in [0.717, 1.165) is 32.3 Å². The number of halogens is 2. The summed E-state index contributed by atoms with van der Waals surface area (Å²) in [7, 11) is 9.53. The maximum atomic E-state index is 4.76. The molecule has 0 saturated carbocycles. The fourth-order valence-corrected chi connectivity index (χ4v) is 3.15. The minimum absolute atomic E-state index is 0.194. The summed E-state index contributed by atoms with van der Waals surface area (Å²) >= 11 is 1.83. The van der Waals surface area contributed by atoms with Gasteiger partial charge in [0.2, 0.25) is 0 Å². The van der Waals surface area contributed by atoms with Gasteiger partial charge in [-0.15, -0.1) is 11.3 Å². The average Bonchev–Trinajstić information content (AvgIpc) is 3.26. The molecule has 0 aliphatic rings. The predicted molar refractivity (Wildman–Crippen MR) is 129 cm³/mol. The van der Waals surface area contributed by atoms with Crippen LogP contribution in [0.1, 0.15) is 34.7 Å². The molecule has 1 aromatic heterocycles. The van der Waals surface area contributed by atoms with Gasteiger partial charge in [-0.05, 0) is 37.1 Å². The molecule has 0 fully saturated rings. The maximum absolute atomic E-state index is 4.76. The van der Waals surface area contributed by atoms with E-state index >= 15 is 0 Å². The van der Waals surface area contributed by atoms with Crippen LogP contribution >= 0.6 is 31.5 Å². The van der Waals surface area contributed by atoms with E-state index < -0.39 is 0 Å². The summed E-state index contributed by atoms with van der Waals surface area (Å²) in [6.07, 6.45) is 3.51. The van der Waals surface area contributed by atoms with Gasteiger partial charge in [-0.3, -0.25) is 0 Å². The molecule has 0 radical (unpaired) electrons. The molecule has 0 aliphatic heterocycles. The van der Waals surface area contributed by atoms with Crippen LogP contribution in [0.3, 0.4) is 0 Å². The molecule has 0 amide bonds. The molecule has 1 heterocycles. The molecule has 30 heavy (non-hydrogen) atoms. The Labute approximate surface area is 195 Å². The van der Waals surface area contributed by atoms with E-state index in [9.17, 15) is 0 Å². The zero-order chi connectivity index (χ0) is 21.6. The second-order valence-electron chi connectivity index (χ2n) is 5.90. The third-order valence-corrected chi connectivity index (χ3v) is 5.05. The first-order valence-electron chi connectivity index (χ1n) is 8.85. The number of thiophene rings is 1. The van der Waals surface area contributed by atoms with Crippen molar-refractivity contribution in [3.05, 3.63) is 93.7 Å². The molecule has 0 unspecified atom stereocenters. The van der Waals surface area contributed by atoms with Crippen molar-refractivity contribution in [3.8, 4) is 0 Å². The molecule has 0 atom stereocenters. The van der Waals surface area contributed by atoms with Crippen molar-refractivity contribution in [2.45, 2.75) is 13.8 Å². The second-order valence-corrected chi connectivity index (χ2v) is 8.80. The van der Waals surface area contributed by atoms with Gasteiger partial charge in [0.05, 0.1) is 33.6 Å². The van der Waals surface area contributed by atoms with Gasteiger partial charge >= 0.3 is 33.3 Å². The van der Waals surface area contributed by atoms with E-state index in [2.05, 4.69) is 20.4 Å². The Morgan fingerprint density at radius 2 is 1.07 bits per heavy atom. The standard InChI is InChI=1S/C22H20N4S.2ClH.Fe/c1-17(25-23-15-19-9-5-3-6-10-19)21-13-14-22(27-21)18(2)26-24-16-20-11-7-4-8-12-20;;;/h3-16H,1-2H3;2*1H;/q;;;+2/p-2/b23-15-,24-16-,25-17+,26-18+;;;. The fourth-order valence-electron chi connectivity index (χ4n) is 2.27. The van der Waals surface area contributed by atoms with E-state index in [1.54, 1.807) is 23.8 Å². The summed E-state index contributed by atoms with van der Waals surface area (Å²) in [5.41, 5.74) is 3.80. The van der Waals surface area contributed by atoms with Crippen molar-refractivity contribution in [1.82, 2.24) is 0 Å². The van der Waals surface area contributed by atoms with Gasteiger partial charge in [0.1, 0.15) is 0 Å². The normalized spacial score (nSPS) is 12.4. The van der Waals surface area contributed by atoms with Crippen molar-refractivity contribution in [2.75, 3.05) is 0 Å². The van der Waals surface area contributed by atoms with E-state index in [1.165, 1.54) is 0 Å². The molecule has 0 N–H and O–H groups in total. The molecule has 3 rings (SSSR count). The number of rotatable bonds is 6. The SMILES string of the molecule is C/C(=N\N=C/c1ccccc1)c1ccc(/C(C)=N/N=C\c2ccccc2)s1.[Cl][Fe][Cl]. The van der Waals surface area contributed by atoms with Crippen molar-refractivity contribution < 1.29 is 13.1 Å². The van der Waals surface area contributed by atoms with E-state index in [-0.39, 0.29) is 13.1 Å². The Morgan fingerprint density at radius 3 is 1.43 bits per heavy atom. The number of hydrogen-bond donors (Lipinski definition) is 0. The number of hydrogen-bond acceptors (Lipinski definition) is 5. The second kappa shape index (κ2) is 14.0. The Bertz CT molecular complexity index is 936. The monoisotopic (exact) mass is 498 g/mol. The third kappa shape index (κ3) is 8.74. The van der Waals surface area contributed by atoms with E-state index in [1.807, 2.05) is 86.6 Å². The zero-order valence-corrected chi connectivity index (χ0v) is 19.8. The fraction of sp³-hybridized carbons (Fsp3) is 0.0909. The third-order valence-electron chi connectivity index (χ3n) is 3.75. The summed E-state index contributed by atoms with van der Waals surface area (Å²) in [6.45, 7) is 3.91. The number of nitrogens with zero attached hydrogens (tertiary/aromatic N) is 4. The zero-order valence-electron chi connectivity index (χ0n) is 16.4. The van der Waals surface area contributed by atoms with Gasteiger partial charge in [0.25, 0.3) is 0 Å². The summed E-state index contributed by atoms with van der Waals surface area (Å²) in [4.78, 5) is 2.13. The van der Waals surface area contributed by atoms with Crippen molar-refractivity contribution in [2.24, 2.45) is 20.4 Å².